The Morgan fingerprint density at radius 3 is 2.67 bits per heavy atom. The van der Waals surface area contributed by atoms with Crippen molar-refractivity contribution < 1.29 is 0 Å². The van der Waals surface area contributed by atoms with Crippen molar-refractivity contribution in [1.82, 2.24) is 25.2 Å². The van der Waals surface area contributed by atoms with Gasteiger partial charge in [-0.3, -0.25) is 0 Å². The molecule has 0 bridgehead atoms. The lowest BCUT2D eigenvalue weighted by Gasteiger charge is -1.96. The van der Waals surface area contributed by atoms with Crippen LogP contribution in [0.2, 0.25) is 0 Å². The first-order valence-electron chi connectivity index (χ1n) is 4.64. The summed E-state index contributed by atoms with van der Waals surface area (Å²) in [5.41, 5.74) is 7.38. The molecule has 2 aromatic heterocycles. The van der Waals surface area contributed by atoms with Crippen LogP contribution in [0.25, 0.3) is 5.13 Å². The van der Waals surface area contributed by atoms with Crippen molar-refractivity contribution in [3.05, 3.63) is 16.4 Å². The van der Waals surface area contributed by atoms with Crippen LogP contribution in [0.3, 0.4) is 0 Å². The molecule has 0 unspecified atom stereocenters. The Bertz CT molecular complexity index is 459. The predicted molar refractivity (Wildman–Crippen MR) is 57.1 cm³/mol. The maximum atomic E-state index is 5.48. The summed E-state index contributed by atoms with van der Waals surface area (Å²) >= 11 is 1.49. The van der Waals surface area contributed by atoms with Crippen molar-refractivity contribution in [2.24, 2.45) is 5.73 Å². The summed E-state index contributed by atoms with van der Waals surface area (Å²) in [4.78, 5) is 0. The van der Waals surface area contributed by atoms with E-state index in [0.29, 0.717) is 6.54 Å². The molecule has 0 saturated carbocycles. The van der Waals surface area contributed by atoms with E-state index in [2.05, 4.69) is 20.5 Å². The van der Waals surface area contributed by atoms with Crippen LogP contribution in [-0.4, -0.2) is 31.7 Å². The first kappa shape index (κ1) is 10.2. The zero-order valence-electron chi connectivity index (χ0n) is 8.64. The summed E-state index contributed by atoms with van der Waals surface area (Å²) in [6.07, 6.45) is 0.740. The molecule has 0 fully saturated rings. The Balaban J connectivity index is 2.37. The fourth-order valence-electron chi connectivity index (χ4n) is 1.28. The molecule has 2 aromatic rings. The minimum atomic E-state index is 0.578. The minimum Gasteiger partial charge on any atom is -0.330 e. The number of nitrogens with zero attached hydrogens (tertiary/aromatic N) is 5. The zero-order chi connectivity index (χ0) is 10.8. The molecule has 0 aliphatic heterocycles. The molecular weight excluding hydrogens is 212 g/mol. The molecule has 0 aliphatic carbocycles. The lowest BCUT2D eigenvalue weighted by atomic mass is 10.2. The number of hydrogen-bond donors (Lipinski definition) is 1. The van der Waals surface area contributed by atoms with E-state index >= 15 is 0 Å². The minimum absolute atomic E-state index is 0.578. The predicted octanol–water partition coefficient (Wildman–Crippen LogP) is 0.237. The lowest BCUT2D eigenvalue weighted by Crippen LogP contribution is -2.05. The molecule has 0 saturated heterocycles. The molecule has 0 amide bonds. The highest BCUT2D eigenvalue weighted by atomic mass is 32.1. The maximum Gasteiger partial charge on any atom is 0.234 e. The lowest BCUT2D eigenvalue weighted by molar-refractivity contribution is 0.764. The largest absolute Gasteiger partial charge is 0.330 e. The molecule has 2 rings (SSSR count). The van der Waals surface area contributed by atoms with Gasteiger partial charge in [0.15, 0.2) is 0 Å². The van der Waals surface area contributed by atoms with Gasteiger partial charge in [-0.15, -0.1) is 15.3 Å². The first-order valence-corrected chi connectivity index (χ1v) is 5.45. The van der Waals surface area contributed by atoms with Crippen molar-refractivity contribution in [3.8, 4) is 5.13 Å². The van der Waals surface area contributed by atoms with Gasteiger partial charge in [-0.05, 0) is 20.4 Å². The van der Waals surface area contributed by atoms with Gasteiger partial charge in [0, 0.05) is 6.42 Å². The van der Waals surface area contributed by atoms with E-state index in [-0.39, 0.29) is 0 Å². The van der Waals surface area contributed by atoms with Gasteiger partial charge in [-0.2, -0.15) is 4.68 Å². The maximum absolute atomic E-state index is 5.48. The third-order valence-corrected chi connectivity index (χ3v) is 2.88. The number of hydrogen-bond acceptors (Lipinski definition) is 6. The van der Waals surface area contributed by atoms with Gasteiger partial charge >= 0.3 is 0 Å². The molecule has 7 heteroatoms. The second kappa shape index (κ2) is 4.03. The molecule has 0 aromatic carbocycles. The Kier molecular flexibility index (Phi) is 2.74. The summed E-state index contributed by atoms with van der Waals surface area (Å²) in [5, 5.41) is 17.7. The van der Waals surface area contributed by atoms with Crippen LogP contribution in [0.15, 0.2) is 0 Å². The van der Waals surface area contributed by atoms with Gasteiger partial charge in [0.05, 0.1) is 11.4 Å². The molecule has 0 spiro atoms. The smallest absolute Gasteiger partial charge is 0.234 e. The normalized spacial score (nSPS) is 10.9. The van der Waals surface area contributed by atoms with Gasteiger partial charge in [-0.25, -0.2) is 0 Å². The molecule has 15 heavy (non-hydrogen) atoms. The number of rotatable bonds is 3. The molecule has 80 valence electrons. The van der Waals surface area contributed by atoms with Gasteiger partial charge in [-0.1, -0.05) is 16.6 Å². The van der Waals surface area contributed by atoms with E-state index in [1.807, 2.05) is 13.8 Å². The first-order chi connectivity index (χ1) is 7.22. The summed E-state index contributed by atoms with van der Waals surface area (Å²) in [6.45, 7) is 4.45. The van der Waals surface area contributed by atoms with Crippen molar-refractivity contribution in [2.45, 2.75) is 20.3 Å². The van der Waals surface area contributed by atoms with Gasteiger partial charge in [0.25, 0.3) is 0 Å². The summed E-state index contributed by atoms with van der Waals surface area (Å²) < 4.78 is 1.70. The van der Waals surface area contributed by atoms with Crippen LogP contribution in [0.1, 0.15) is 16.4 Å². The van der Waals surface area contributed by atoms with E-state index in [1.165, 1.54) is 11.3 Å². The fourth-order valence-corrected chi connectivity index (χ4v) is 1.97. The van der Waals surface area contributed by atoms with E-state index in [0.717, 1.165) is 27.9 Å². The second-order valence-electron chi connectivity index (χ2n) is 3.18. The highest BCUT2D eigenvalue weighted by Crippen LogP contribution is 2.15. The van der Waals surface area contributed by atoms with Crippen molar-refractivity contribution in [1.29, 1.82) is 0 Å². The SMILES string of the molecule is Cc1nnc(-n2nnc(CCN)c2C)s1. The van der Waals surface area contributed by atoms with Crippen LogP contribution in [0, 0.1) is 13.8 Å². The van der Waals surface area contributed by atoms with Crippen molar-refractivity contribution in [3.63, 3.8) is 0 Å². The Hall–Kier alpha value is -1.34. The van der Waals surface area contributed by atoms with Crippen LogP contribution in [-0.2, 0) is 6.42 Å². The van der Waals surface area contributed by atoms with Crippen LogP contribution in [0.5, 0.6) is 0 Å². The highest BCUT2D eigenvalue weighted by Gasteiger charge is 2.12. The van der Waals surface area contributed by atoms with Crippen LogP contribution >= 0.6 is 11.3 Å². The molecule has 0 radical (unpaired) electrons. The second-order valence-corrected chi connectivity index (χ2v) is 4.34. The standard InChI is InChI=1S/C8H12N6S/c1-5-7(3-4-9)11-13-14(5)8-12-10-6(2)15-8/h3-4,9H2,1-2H3. The Morgan fingerprint density at radius 2 is 2.07 bits per heavy atom. The average Bonchev–Trinajstić information content (AvgIpc) is 2.76. The number of aromatic nitrogens is 5. The summed E-state index contributed by atoms with van der Waals surface area (Å²) in [5.74, 6) is 0. The van der Waals surface area contributed by atoms with E-state index in [1.54, 1.807) is 4.68 Å². The molecule has 6 nitrogen and oxygen atoms in total. The fraction of sp³-hybridized carbons (Fsp3) is 0.500. The third kappa shape index (κ3) is 1.88. The van der Waals surface area contributed by atoms with Crippen molar-refractivity contribution >= 4 is 11.3 Å². The van der Waals surface area contributed by atoms with Crippen LogP contribution in [0.4, 0.5) is 0 Å². The molecular formula is C8H12N6S. The summed E-state index contributed by atoms with van der Waals surface area (Å²) in [6, 6.07) is 0. The number of nitrogens with two attached hydrogens (primary N) is 1. The van der Waals surface area contributed by atoms with Crippen LogP contribution < -0.4 is 5.73 Å². The van der Waals surface area contributed by atoms with Gasteiger partial charge in [0.1, 0.15) is 5.01 Å². The van der Waals surface area contributed by atoms with Gasteiger partial charge < -0.3 is 5.73 Å². The highest BCUT2D eigenvalue weighted by molar-refractivity contribution is 7.13. The van der Waals surface area contributed by atoms with E-state index < -0.39 is 0 Å². The molecule has 2 N–H and O–H groups in total. The molecule has 2 heterocycles. The van der Waals surface area contributed by atoms with E-state index in [9.17, 15) is 0 Å². The third-order valence-electron chi connectivity index (χ3n) is 2.07. The summed E-state index contributed by atoms with van der Waals surface area (Å²) in [7, 11) is 0. The van der Waals surface area contributed by atoms with E-state index in [4.69, 9.17) is 5.73 Å². The average molecular weight is 224 g/mol. The zero-order valence-corrected chi connectivity index (χ0v) is 9.45. The topological polar surface area (TPSA) is 82.5 Å². The molecule has 0 aliphatic rings. The van der Waals surface area contributed by atoms with Gasteiger partial charge in [0.2, 0.25) is 5.13 Å². The molecule has 0 atom stereocenters. The monoisotopic (exact) mass is 224 g/mol. The Labute approximate surface area is 91.1 Å². The van der Waals surface area contributed by atoms with Crippen molar-refractivity contribution in [2.75, 3.05) is 6.54 Å². The number of aryl methyl sites for hydroxylation is 1. The Morgan fingerprint density at radius 1 is 1.27 bits per heavy atom. The quantitative estimate of drug-likeness (QED) is 0.807.